The van der Waals surface area contributed by atoms with Crippen LogP contribution in [-0.4, -0.2) is 246 Å². The number of allylic oxidation sites excluding steroid dienone is 4. The maximum Gasteiger partial charge on any atom is 0.335 e. The van der Waals surface area contributed by atoms with Crippen LogP contribution in [0.25, 0.3) is 0 Å². The van der Waals surface area contributed by atoms with Crippen LogP contribution in [0.3, 0.4) is 0 Å². The fourth-order valence-corrected chi connectivity index (χ4v) is 17.9. The van der Waals surface area contributed by atoms with Crippen LogP contribution in [0, 0.1) is 50.2 Å². The summed E-state index contributed by atoms with van der Waals surface area (Å²) in [4.78, 5) is 53.0. The van der Waals surface area contributed by atoms with Gasteiger partial charge in [-0.2, -0.15) is 0 Å². The molecule has 4 saturated heterocycles. The average molecular weight is 1310 g/mol. The lowest BCUT2D eigenvalue weighted by Gasteiger charge is -2.72. The van der Waals surface area contributed by atoms with Crippen molar-refractivity contribution in [1.29, 1.82) is 0 Å². The highest BCUT2D eigenvalue weighted by molar-refractivity contribution is 5.88. The normalized spacial score (nSPS) is 48.4. The van der Waals surface area contributed by atoms with Crippen molar-refractivity contribution in [2.75, 3.05) is 19.8 Å². The van der Waals surface area contributed by atoms with Crippen LogP contribution in [0.2, 0.25) is 0 Å². The highest BCUT2D eigenvalue weighted by atomic mass is 16.8. The Morgan fingerprint density at radius 2 is 1.14 bits per heavy atom. The third-order valence-corrected chi connectivity index (χ3v) is 23.6. The summed E-state index contributed by atoms with van der Waals surface area (Å²) in [5, 5.41) is 134. The maximum absolute atomic E-state index is 13.5. The van der Waals surface area contributed by atoms with E-state index in [1.54, 1.807) is 33.8 Å². The highest BCUT2D eigenvalue weighted by Crippen LogP contribution is 2.76. The van der Waals surface area contributed by atoms with Crippen LogP contribution >= 0.6 is 0 Å². The molecule has 9 aliphatic rings. The highest BCUT2D eigenvalue weighted by Gasteiger charge is 2.74. The summed E-state index contributed by atoms with van der Waals surface area (Å²) >= 11 is 0. The van der Waals surface area contributed by atoms with Gasteiger partial charge in [0.25, 0.3) is 0 Å². The molecule has 0 radical (unpaired) electrons. The molecule has 4 heterocycles. The zero-order chi connectivity index (χ0) is 68.0. The second-order valence-electron chi connectivity index (χ2n) is 29.3. The van der Waals surface area contributed by atoms with E-state index < -0.39 is 223 Å². The molecule has 4 saturated carbocycles. The van der Waals surface area contributed by atoms with Crippen LogP contribution in [0.15, 0.2) is 34.9 Å². The topological polar surface area (TPSA) is 413 Å². The summed E-state index contributed by atoms with van der Waals surface area (Å²) < 4.78 is 67.8. The lowest BCUT2D eigenvalue weighted by atomic mass is 9.33. The van der Waals surface area contributed by atoms with Gasteiger partial charge in [-0.05, 0) is 124 Å². The molecule has 8 fully saturated rings. The van der Waals surface area contributed by atoms with E-state index >= 15 is 0 Å². The lowest BCUT2D eigenvalue weighted by molar-refractivity contribution is -0.386. The molecule has 5 aliphatic carbocycles. The molecular weight excluding hydrogens is 1210 g/mol. The molecule has 522 valence electrons. The van der Waals surface area contributed by atoms with Gasteiger partial charge >= 0.3 is 23.9 Å². The number of rotatable bonds is 17. The summed E-state index contributed by atoms with van der Waals surface area (Å²) in [5.41, 5.74) is -3.55. The zero-order valence-electron chi connectivity index (χ0n) is 54.8. The molecule has 4 aliphatic heterocycles. The minimum absolute atomic E-state index is 0.0439. The molecule has 26 unspecified atom stereocenters. The van der Waals surface area contributed by atoms with Crippen LogP contribution in [0.4, 0.5) is 0 Å². The van der Waals surface area contributed by atoms with Gasteiger partial charge in [0.2, 0.25) is 0 Å². The van der Waals surface area contributed by atoms with E-state index in [1.807, 2.05) is 27.7 Å². The largest absolute Gasteiger partial charge is 0.479 e. The first-order chi connectivity index (χ1) is 43.0. The summed E-state index contributed by atoms with van der Waals surface area (Å²) in [5.74, 6) is -4.65. The first-order valence-electron chi connectivity index (χ1n) is 32.3. The van der Waals surface area contributed by atoms with Gasteiger partial charge in [0, 0.05) is 18.1 Å². The molecule has 0 bridgehead atoms. The monoisotopic (exact) mass is 1310 g/mol. The molecule has 12 N–H and O–H groups in total. The van der Waals surface area contributed by atoms with Gasteiger partial charge in [-0.15, -0.1) is 0 Å². The second kappa shape index (κ2) is 27.0. The van der Waals surface area contributed by atoms with Crippen molar-refractivity contribution in [2.45, 2.75) is 276 Å². The van der Waals surface area contributed by atoms with Gasteiger partial charge in [-0.25, -0.2) is 14.4 Å². The van der Waals surface area contributed by atoms with Gasteiger partial charge in [0.05, 0.1) is 43.5 Å². The number of hydrogen-bond acceptors (Lipinski definition) is 26. The van der Waals surface area contributed by atoms with Crippen LogP contribution in [-0.2, 0) is 71.3 Å². The van der Waals surface area contributed by atoms with Crippen LogP contribution in [0.1, 0.15) is 135 Å². The number of ether oxygens (including phenoxy) is 11. The molecule has 27 heteroatoms. The third kappa shape index (κ3) is 12.2. The molecule has 27 nitrogen and oxygen atoms in total. The lowest BCUT2D eigenvalue weighted by Crippen LogP contribution is -2.73. The number of carboxylic acid groups (broad SMARTS) is 1. The summed E-state index contributed by atoms with van der Waals surface area (Å²) in [7, 11) is 0. The van der Waals surface area contributed by atoms with Crippen LogP contribution in [0.5, 0.6) is 0 Å². The van der Waals surface area contributed by atoms with Gasteiger partial charge in [0.1, 0.15) is 79.4 Å². The van der Waals surface area contributed by atoms with E-state index in [1.165, 1.54) is 19.9 Å². The van der Waals surface area contributed by atoms with E-state index in [4.69, 9.17) is 52.1 Å². The Morgan fingerprint density at radius 1 is 0.587 bits per heavy atom. The first-order valence-corrected chi connectivity index (χ1v) is 32.3. The van der Waals surface area contributed by atoms with Crippen molar-refractivity contribution in [1.82, 2.24) is 0 Å². The minimum atomic E-state index is -2.13. The van der Waals surface area contributed by atoms with Crippen molar-refractivity contribution in [2.24, 2.45) is 50.2 Å². The number of carbonyl (C=O) groups is 4. The van der Waals surface area contributed by atoms with Gasteiger partial charge in [-0.1, -0.05) is 72.3 Å². The van der Waals surface area contributed by atoms with E-state index in [9.17, 15) is 80.5 Å². The predicted octanol–water partition coefficient (Wildman–Crippen LogP) is 0.715. The summed E-state index contributed by atoms with van der Waals surface area (Å²) in [6, 6.07) is 0. The Kier molecular flexibility index (Phi) is 21.3. The fourth-order valence-electron chi connectivity index (χ4n) is 17.9. The smallest absolute Gasteiger partial charge is 0.335 e. The number of aliphatic hydroxyl groups is 11. The molecule has 0 amide bonds. The van der Waals surface area contributed by atoms with Crippen molar-refractivity contribution >= 4 is 23.9 Å². The quantitative estimate of drug-likeness (QED) is 0.0314. The SMILES string of the molecule is CC=C(C)C(=O)O[C@H]1C(C)O[C@@H](OC2C(OC(C)=O)C3(CO)C(O)CC4(C)C(=CCC5C6(C)CC[C@@H](OC7OC(C(=O)O)C(O)C(OC8OC(CO)C(O)C8O)C7OC7OC(CO)C(O)C(O)C7O)C(C)(C)C6CCC54C)C3CC2(C)C)C(O)[C@@H]1OC(=O)C(C)=CC. The number of carboxylic acids is 1. The van der Waals surface area contributed by atoms with E-state index in [-0.39, 0.29) is 35.8 Å². The second-order valence-corrected chi connectivity index (χ2v) is 29.3. The van der Waals surface area contributed by atoms with Gasteiger partial charge in [0.15, 0.2) is 43.5 Å². The summed E-state index contributed by atoms with van der Waals surface area (Å²) in [6.45, 7) is 21.5. The third-order valence-electron chi connectivity index (χ3n) is 23.6. The number of fused-ring (bicyclic) bond motifs is 7. The Bertz CT molecular complexity index is 2790. The number of hydrogen-bond donors (Lipinski definition) is 12. The zero-order valence-corrected chi connectivity index (χ0v) is 54.8. The number of carbonyl (C=O) groups excluding carboxylic acids is 3. The molecule has 0 aromatic carbocycles. The summed E-state index contributed by atoms with van der Waals surface area (Å²) in [6.07, 6.45) is -28.8. The average Bonchev–Trinajstić information content (AvgIpc) is 0.715. The Labute approximate surface area is 535 Å². The van der Waals surface area contributed by atoms with E-state index in [0.29, 0.717) is 32.1 Å². The van der Waals surface area contributed by atoms with Crippen molar-refractivity contribution in [3.63, 3.8) is 0 Å². The first kappa shape index (κ1) is 72.6. The van der Waals surface area contributed by atoms with Crippen molar-refractivity contribution < 1.29 is 133 Å². The fraction of sp³-hybridized carbons (Fsp3) is 0.846. The van der Waals surface area contributed by atoms with Crippen LogP contribution < -0.4 is 0 Å². The number of aliphatic carboxylic acids is 1. The Hall–Kier alpha value is -3.66. The van der Waals surface area contributed by atoms with Crippen molar-refractivity contribution in [3.8, 4) is 0 Å². The number of esters is 3. The Morgan fingerprint density at radius 3 is 1.70 bits per heavy atom. The van der Waals surface area contributed by atoms with Gasteiger partial charge in [-0.3, -0.25) is 4.79 Å². The van der Waals surface area contributed by atoms with Gasteiger partial charge < -0.3 is 113 Å². The maximum atomic E-state index is 13.5. The molecule has 0 aromatic heterocycles. The molecule has 30 atom stereocenters. The standard InChI is InChI=1S/C65H100O27/c1-14-27(3)54(80)87-46-29(5)82-58(45(77)48(46)88-55(81)28(4)15-2)92-51-52(83-30(6)69)65(26-68)32(22-60(51,7)8)31-16-17-36-62(11)20-19-38(61(9,10)35(62)18-21-63(36,12)64(31,13)23-37(65)70)86-59-50(91-57-43(75)41(73)39(71)33(24-66)84-57)47(44(76)49(90-59)53(78)79)89-56-42(74)40(72)34(25-67)85-56/h14-16,29,32-52,56-59,66-68,70-77H,17-26H2,1-13H3,(H,78,79)/t29?,32?,33?,34?,35?,36?,37?,38-,39?,40?,41?,42?,43?,44?,45?,46+,47?,48+,49?,50?,51?,52?,56?,57?,58+,59?,62?,63?,64?,65?/m1/s1. The minimum Gasteiger partial charge on any atom is -0.479 e. The molecular formula is C65H100O27. The van der Waals surface area contributed by atoms with E-state index in [0.717, 1.165) is 5.57 Å². The molecule has 92 heavy (non-hydrogen) atoms. The van der Waals surface area contributed by atoms with E-state index in [2.05, 4.69) is 26.8 Å². The Balaban J connectivity index is 1.01. The molecule has 0 spiro atoms. The predicted molar refractivity (Wildman–Crippen MR) is 316 cm³/mol. The molecule has 0 aromatic rings. The number of aliphatic hydroxyl groups excluding tert-OH is 11. The van der Waals surface area contributed by atoms with Crippen molar-refractivity contribution in [3.05, 3.63) is 34.9 Å². The molecule has 9 rings (SSSR count).